The second-order valence-corrected chi connectivity index (χ2v) is 11.8. The number of halogens is 4. The van der Waals surface area contributed by atoms with Crippen LogP contribution in [0.4, 0.5) is 10.1 Å². The zero-order valence-electron chi connectivity index (χ0n) is 23.3. The molecule has 0 aliphatic carbocycles. The highest BCUT2D eigenvalue weighted by molar-refractivity contribution is 6.36. The average Bonchev–Trinajstić information content (AvgIpc) is 3.18. The minimum absolute atomic E-state index is 0.0918. The van der Waals surface area contributed by atoms with Crippen LogP contribution < -0.4 is 15.4 Å². The van der Waals surface area contributed by atoms with Crippen LogP contribution in [-0.4, -0.2) is 28.0 Å². The van der Waals surface area contributed by atoms with Gasteiger partial charge in [-0.1, -0.05) is 61.6 Å². The minimum Gasteiger partial charge on any atom is -0.493 e. The molecule has 216 valence electrons. The molecule has 0 bridgehead atoms. The van der Waals surface area contributed by atoms with E-state index in [1.807, 2.05) is 39.3 Å². The molecule has 11 heteroatoms. The van der Waals surface area contributed by atoms with Crippen LogP contribution in [0.15, 0.2) is 42.5 Å². The molecule has 4 aromatic rings. The summed E-state index contributed by atoms with van der Waals surface area (Å²) in [4.78, 5) is 30.3. The number of rotatable bonds is 8. The summed E-state index contributed by atoms with van der Waals surface area (Å²) in [5.41, 5.74) is 2.60. The van der Waals surface area contributed by atoms with Crippen LogP contribution in [0.25, 0.3) is 11.0 Å². The van der Waals surface area contributed by atoms with Gasteiger partial charge in [-0.05, 0) is 48.4 Å². The largest absolute Gasteiger partial charge is 0.493 e. The molecule has 4 rings (SSSR count). The predicted molar refractivity (Wildman–Crippen MR) is 162 cm³/mol. The molecule has 41 heavy (non-hydrogen) atoms. The number of nitrogens with one attached hydrogen (secondary N) is 2. The number of carbonyl (C=O) groups excluding carboxylic acids is 2. The van der Waals surface area contributed by atoms with E-state index < -0.39 is 17.1 Å². The van der Waals surface area contributed by atoms with Crippen LogP contribution >= 0.6 is 34.8 Å². The van der Waals surface area contributed by atoms with Gasteiger partial charge in [0.1, 0.15) is 17.4 Å². The maximum Gasteiger partial charge on any atom is 0.259 e. The van der Waals surface area contributed by atoms with Gasteiger partial charge >= 0.3 is 0 Å². The molecule has 1 aromatic heterocycles. The second kappa shape index (κ2) is 12.3. The minimum atomic E-state index is -0.569. The number of imidazole rings is 1. The van der Waals surface area contributed by atoms with Crippen LogP contribution in [0.5, 0.6) is 5.75 Å². The Balaban J connectivity index is 1.67. The van der Waals surface area contributed by atoms with Crippen molar-refractivity contribution in [3.05, 3.63) is 85.9 Å². The second-order valence-electron chi connectivity index (χ2n) is 10.6. The van der Waals surface area contributed by atoms with Crippen molar-refractivity contribution in [3.8, 4) is 5.75 Å². The summed E-state index contributed by atoms with van der Waals surface area (Å²) in [7, 11) is 1.85. The average molecular weight is 620 g/mol. The number of aromatic nitrogens is 2. The standard InChI is InChI=1S/C30H30Cl3FN4O3/c1-6-41-25-14-24-23(12-21(25)28(39)36-19-10-17(31)9-18(34)11-19)37-26(38(24)5)13-20-22(32)8-7-16(27(20)33)15-35-29(40)30(2,3)4/h7-12,14H,6,13,15H2,1-5H3,(H,35,40)(H,36,39). The summed E-state index contributed by atoms with van der Waals surface area (Å²) in [6.45, 7) is 7.92. The number of fused-ring (bicyclic) bond motifs is 1. The fraction of sp³-hybridized carbons (Fsp3) is 0.300. The van der Waals surface area contributed by atoms with Gasteiger partial charge in [0.15, 0.2) is 0 Å². The monoisotopic (exact) mass is 618 g/mol. The number of ether oxygens (including phenoxy) is 1. The molecule has 0 fully saturated rings. The molecular formula is C30H30Cl3FN4O3. The Bertz CT molecular complexity index is 1630. The van der Waals surface area contributed by atoms with Crippen LogP contribution in [0.2, 0.25) is 15.1 Å². The van der Waals surface area contributed by atoms with E-state index >= 15 is 0 Å². The molecule has 7 nitrogen and oxygen atoms in total. The van der Waals surface area contributed by atoms with Gasteiger partial charge in [0.2, 0.25) is 5.91 Å². The molecule has 0 aliphatic heterocycles. The summed E-state index contributed by atoms with van der Waals surface area (Å²) in [6.07, 6.45) is 0.303. The van der Waals surface area contributed by atoms with Crippen molar-refractivity contribution < 1.29 is 18.7 Å². The van der Waals surface area contributed by atoms with E-state index in [0.717, 1.165) is 17.1 Å². The van der Waals surface area contributed by atoms with Crippen molar-refractivity contribution in [2.24, 2.45) is 12.5 Å². The summed E-state index contributed by atoms with van der Waals surface area (Å²) < 4.78 is 21.5. The third kappa shape index (κ3) is 6.94. The number of anilines is 1. The van der Waals surface area contributed by atoms with Crippen molar-refractivity contribution in [2.75, 3.05) is 11.9 Å². The molecular weight excluding hydrogens is 590 g/mol. The van der Waals surface area contributed by atoms with E-state index in [0.29, 0.717) is 45.7 Å². The maximum absolute atomic E-state index is 13.8. The molecule has 3 aromatic carbocycles. The Labute approximate surface area is 252 Å². The first-order valence-electron chi connectivity index (χ1n) is 12.9. The lowest BCUT2D eigenvalue weighted by Crippen LogP contribution is -2.34. The third-order valence-corrected chi connectivity index (χ3v) is 7.50. The lowest BCUT2D eigenvalue weighted by Gasteiger charge is -2.18. The van der Waals surface area contributed by atoms with Gasteiger partial charge in [-0.25, -0.2) is 9.37 Å². The molecule has 2 N–H and O–H groups in total. The molecule has 0 spiro atoms. The van der Waals surface area contributed by atoms with Crippen molar-refractivity contribution >= 4 is 63.3 Å². The highest BCUT2D eigenvalue weighted by atomic mass is 35.5. The Kier molecular flexibility index (Phi) is 9.16. The zero-order chi connectivity index (χ0) is 30.1. The van der Waals surface area contributed by atoms with Gasteiger partial charge in [-0.15, -0.1) is 0 Å². The normalized spacial score (nSPS) is 11.5. The van der Waals surface area contributed by atoms with Gasteiger partial charge in [-0.2, -0.15) is 0 Å². The van der Waals surface area contributed by atoms with E-state index in [1.165, 1.54) is 12.1 Å². The number of nitrogens with zero attached hydrogens (tertiary/aromatic N) is 2. The number of amides is 2. The van der Waals surface area contributed by atoms with Crippen LogP contribution in [0.1, 0.15) is 55.0 Å². The molecule has 0 unspecified atom stereocenters. The fourth-order valence-corrected chi connectivity index (χ4v) is 5.04. The highest BCUT2D eigenvalue weighted by Gasteiger charge is 2.23. The van der Waals surface area contributed by atoms with Crippen molar-refractivity contribution in [2.45, 2.75) is 40.7 Å². The van der Waals surface area contributed by atoms with Crippen LogP contribution in [0.3, 0.4) is 0 Å². The topological polar surface area (TPSA) is 85.2 Å². The molecule has 0 atom stereocenters. The molecule has 0 radical (unpaired) electrons. The lowest BCUT2D eigenvalue weighted by atomic mass is 9.95. The van der Waals surface area contributed by atoms with Gasteiger partial charge in [0.25, 0.3) is 5.91 Å². The summed E-state index contributed by atoms with van der Waals surface area (Å²) in [6, 6.07) is 10.7. The van der Waals surface area contributed by atoms with Crippen LogP contribution in [0, 0.1) is 11.2 Å². The lowest BCUT2D eigenvalue weighted by molar-refractivity contribution is -0.128. The van der Waals surface area contributed by atoms with Gasteiger partial charge in [-0.3, -0.25) is 9.59 Å². The Morgan fingerprint density at radius 3 is 2.46 bits per heavy atom. The first-order valence-corrected chi connectivity index (χ1v) is 14.1. The van der Waals surface area contributed by atoms with E-state index in [9.17, 15) is 14.0 Å². The van der Waals surface area contributed by atoms with Crippen LogP contribution in [-0.2, 0) is 24.8 Å². The Morgan fingerprint density at radius 2 is 1.80 bits per heavy atom. The summed E-state index contributed by atoms with van der Waals surface area (Å²) >= 11 is 19.3. The number of carbonyl (C=O) groups is 2. The van der Waals surface area contributed by atoms with Crippen molar-refractivity contribution in [3.63, 3.8) is 0 Å². The van der Waals surface area contributed by atoms with E-state index in [-0.39, 0.29) is 28.7 Å². The maximum atomic E-state index is 13.8. The zero-order valence-corrected chi connectivity index (χ0v) is 25.6. The number of benzene rings is 3. The van der Waals surface area contributed by atoms with E-state index in [1.54, 1.807) is 24.3 Å². The number of hydrogen-bond acceptors (Lipinski definition) is 4. The first-order chi connectivity index (χ1) is 19.3. The first kappa shape index (κ1) is 30.6. The number of hydrogen-bond donors (Lipinski definition) is 2. The van der Waals surface area contributed by atoms with Gasteiger partial charge < -0.3 is 19.9 Å². The quantitative estimate of drug-likeness (QED) is 0.213. The SMILES string of the molecule is CCOc1cc2c(cc1C(=O)Nc1cc(F)cc(Cl)c1)nc(Cc1c(Cl)ccc(CNC(=O)C(C)(C)C)c1Cl)n2C. The molecule has 0 saturated heterocycles. The van der Waals surface area contributed by atoms with Gasteiger partial charge in [0, 0.05) is 47.2 Å². The molecule has 0 saturated carbocycles. The van der Waals surface area contributed by atoms with Gasteiger partial charge in [0.05, 0.1) is 28.2 Å². The Hall–Kier alpha value is -3.33. The third-order valence-electron chi connectivity index (χ3n) is 6.46. The van der Waals surface area contributed by atoms with E-state index in [2.05, 4.69) is 10.6 Å². The number of aryl methyl sites for hydroxylation is 1. The summed E-state index contributed by atoms with van der Waals surface area (Å²) in [5.74, 6) is -0.161. The molecule has 0 aliphatic rings. The summed E-state index contributed by atoms with van der Waals surface area (Å²) in [5, 5.41) is 6.66. The van der Waals surface area contributed by atoms with Crippen molar-refractivity contribution in [1.82, 2.24) is 14.9 Å². The van der Waals surface area contributed by atoms with Crippen molar-refractivity contribution in [1.29, 1.82) is 0 Å². The predicted octanol–water partition coefficient (Wildman–Crippen LogP) is 7.58. The molecule has 1 heterocycles. The van der Waals surface area contributed by atoms with E-state index in [4.69, 9.17) is 44.5 Å². The Morgan fingerprint density at radius 1 is 1.07 bits per heavy atom. The highest BCUT2D eigenvalue weighted by Crippen LogP contribution is 2.33. The fourth-order valence-electron chi connectivity index (χ4n) is 4.25. The molecule has 2 amide bonds. The smallest absolute Gasteiger partial charge is 0.259 e.